The van der Waals surface area contributed by atoms with Gasteiger partial charge in [-0.25, -0.2) is 0 Å². The van der Waals surface area contributed by atoms with Gasteiger partial charge in [0.1, 0.15) is 12.1 Å². The molecule has 3 amide bonds. The molecule has 5 N–H and O–H groups in total. The van der Waals surface area contributed by atoms with Gasteiger partial charge in [-0.15, -0.1) is 0 Å². The number of aliphatic carboxylic acids is 1. The largest absolute Gasteiger partial charge is 0.481 e. The molecule has 0 saturated carbocycles. The quantitative estimate of drug-likeness (QED) is 0.215. The summed E-state index contributed by atoms with van der Waals surface area (Å²) >= 11 is 0. The average molecular weight is 517 g/mol. The Morgan fingerprint density at radius 3 is 2.46 bits per heavy atom. The van der Waals surface area contributed by atoms with Gasteiger partial charge in [0.15, 0.2) is 11.4 Å². The number of fused-ring (bicyclic) bond motifs is 3. The van der Waals surface area contributed by atoms with Crippen LogP contribution in [0, 0.1) is 0 Å². The number of amides is 3. The number of aliphatic hydroxyl groups is 1. The predicted octanol–water partition coefficient (Wildman–Crippen LogP) is -0.475. The van der Waals surface area contributed by atoms with Crippen molar-refractivity contribution in [2.24, 2.45) is 0 Å². The summed E-state index contributed by atoms with van der Waals surface area (Å²) in [7, 11) is 3.96. The Morgan fingerprint density at radius 1 is 1.24 bits per heavy atom. The zero-order valence-corrected chi connectivity index (χ0v) is 21.3. The van der Waals surface area contributed by atoms with E-state index in [-0.39, 0.29) is 17.7 Å². The third kappa shape index (κ3) is 4.30. The Bertz CT molecular complexity index is 1160. The van der Waals surface area contributed by atoms with Crippen molar-refractivity contribution < 1.29 is 38.9 Å². The van der Waals surface area contributed by atoms with Crippen molar-refractivity contribution in [3.63, 3.8) is 0 Å². The van der Waals surface area contributed by atoms with Crippen molar-refractivity contribution in [2.75, 3.05) is 26.5 Å². The molecule has 0 bridgehead atoms. The average Bonchev–Trinajstić information content (AvgIpc) is 3.05. The monoisotopic (exact) mass is 516 g/mol. The summed E-state index contributed by atoms with van der Waals surface area (Å²) in [5, 5.41) is 29.1. The highest BCUT2D eigenvalue weighted by atomic mass is 16.5. The van der Waals surface area contributed by atoms with Gasteiger partial charge in [-0.2, -0.15) is 0 Å². The third-order valence-corrected chi connectivity index (χ3v) is 6.94. The van der Waals surface area contributed by atoms with Gasteiger partial charge >= 0.3 is 5.97 Å². The number of nitrogens with one attached hydrogen (secondary N) is 3. The summed E-state index contributed by atoms with van der Waals surface area (Å²) in [4.78, 5) is 66.1. The highest BCUT2D eigenvalue weighted by Crippen LogP contribution is 2.54. The van der Waals surface area contributed by atoms with Gasteiger partial charge in [-0.3, -0.25) is 28.9 Å². The van der Waals surface area contributed by atoms with Crippen molar-refractivity contribution in [3.05, 3.63) is 41.5 Å². The topological polar surface area (TPSA) is 174 Å². The van der Waals surface area contributed by atoms with Crippen molar-refractivity contribution in [1.82, 2.24) is 15.5 Å². The first-order chi connectivity index (χ1) is 17.4. The van der Waals surface area contributed by atoms with Crippen molar-refractivity contribution >= 4 is 35.2 Å². The van der Waals surface area contributed by atoms with Crippen LogP contribution in [0.3, 0.4) is 0 Å². The number of ether oxygens (including phenoxy) is 1. The van der Waals surface area contributed by atoms with E-state index in [0.29, 0.717) is 5.57 Å². The number of hydrogen-bond acceptors (Lipinski definition) is 8. The maximum Gasteiger partial charge on any atom is 0.303 e. The maximum absolute atomic E-state index is 14.1. The smallest absolute Gasteiger partial charge is 0.303 e. The van der Waals surface area contributed by atoms with Crippen LogP contribution in [0.1, 0.15) is 32.3 Å². The van der Waals surface area contributed by atoms with Crippen LogP contribution in [0.2, 0.25) is 0 Å². The van der Waals surface area contributed by atoms with E-state index < -0.39 is 65.2 Å². The molecule has 37 heavy (non-hydrogen) atoms. The number of rotatable bonds is 9. The number of likely N-dealkylation sites (N-methyl/N-ethyl adjacent to an activating group) is 2. The second-order valence-corrected chi connectivity index (χ2v) is 9.39. The molecule has 1 fully saturated rings. The Morgan fingerprint density at radius 2 is 1.89 bits per heavy atom. The molecule has 1 aromatic rings. The van der Waals surface area contributed by atoms with E-state index in [2.05, 4.69) is 16.0 Å². The predicted molar refractivity (Wildman–Crippen MR) is 131 cm³/mol. The van der Waals surface area contributed by atoms with Crippen LogP contribution in [0.25, 0.3) is 0 Å². The summed E-state index contributed by atoms with van der Waals surface area (Å²) in [5.41, 5.74) is -3.82. The number of carbonyl (C=O) groups excluding carboxylic acids is 4. The van der Waals surface area contributed by atoms with E-state index in [9.17, 15) is 29.1 Å². The van der Waals surface area contributed by atoms with Crippen LogP contribution < -0.4 is 16.0 Å². The molecule has 1 unspecified atom stereocenters. The van der Waals surface area contributed by atoms with Crippen LogP contribution in [0.4, 0.5) is 5.69 Å². The minimum Gasteiger partial charge on any atom is -0.481 e. The molecule has 1 saturated heterocycles. The van der Waals surface area contributed by atoms with Gasteiger partial charge in [-0.1, -0.05) is 23.8 Å². The lowest BCUT2D eigenvalue weighted by molar-refractivity contribution is -0.168. The lowest BCUT2D eigenvalue weighted by Crippen LogP contribution is -2.74. The molecule has 200 valence electrons. The number of methoxy groups -OCH3 is 1. The molecule has 2 aliphatic rings. The first kappa shape index (κ1) is 28.0. The van der Waals surface area contributed by atoms with E-state index >= 15 is 0 Å². The zero-order chi connectivity index (χ0) is 27.7. The van der Waals surface area contributed by atoms with Crippen molar-refractivity contribution in [3.8, 4) is 0 Å². The van der Waals surface area contributed by atoms with Gasteiger partial charge in [0.2, 0.25) is 11.4 Å². The first-order valence-electron chi connectivity index (χ1n) is 11.7. The summed E-state index contributed by atoms with van der Waals surface area (Å²) < 4.78 is 5.59. The molecular formula is C25H32N4O8. The molecule has 0 spiro atoms. The number of para-hydroxylation sites is 1. The van der Waals surface area contributed by atoms with E-state index in [1.54, 1.807) is 32.0 Å². The van der Waals surface area contributed by atoms with E-state index in [0.717, 1.165) is 4.90 Å². The standard InChI is InChI=1S/C25H32N4O8/c1-13(2)12-17(30)16(10-11-18(31)32)28-23(35)24-22(34)27-15-9-7-6-8-14(15)25(24,36)20(37-5)19(29(24)4)21(33)26-3/h6-9,12,16,19-20,36H,10-11H2,1-5H3,(H,26,33)(H,27,34)(H,28,35)(H,31,32)/t16-,19+,20+,24-,25?/m0/s1. The Kier molecular flexibility index (Phi) is 7.86. The molecule has 12 heteroatoms. The summed E-state index contributed by atoms with van der Waals surface area (Å²) in [6.45, 7) is 3.33. The molecular weight excluding hydrogens is 484 g/mol. The number of carboxylic acids is 1. The molecule has 3 rings (SSSR count). The molecule has 1 aromatic carbocycles. The van der Waals surface area contributed by atoms with Crippen LogP contribution in [-0.2, 0) is 34.3 Å². The fourth-order valence-electron chi connectivity index (χ4n) is 5.33. The van der Waals surface area contributed by atoms with Gasteiger partial charge in [0, 0.05) is 31.8 Å². The molecule has 2 heterocycles. The number of carboxylic acid groups (broad SMARTS) is 1. The number of anilines is 1. The molecule has 2 aliphatic heterocycles. The Balaban J connectivity index is 2.22. The highest BCUT2D eigenvalue weighted by Gasteiger charge is 2.78. The molecule has 0 radical (unpaired) electrons. The highest BCUT2D eigenvalue weighted by molar-refractivity contribution is 6.20. The van der Waals surface area contributed by atoms with Crippen molar-refractivity contribution in [1.29, 1.82) is 0 Å². The van der Waals surface area contributed by atoms with Gasteiger partial charge < -0.3 is 30.9 Å². The van der Waals surface area contributed by atoms with Crippen LogP contribution in [-0.4, -0.2) is 89.5 Å². The molecule has 12 nitrogen and oxygen atoms in total. The fourth-order valence-corrected chi connectivity index (χ4v) is 5.33. The number of hydrogen-bond donors (Lipinski definition) is 5. The lowest BCUT2D eigenvalue weighted by atomic mass is 9.69. The SMILES string of the molecule is CNC(=O)[C@H]1[C@@H](OC)C2(O)c3ccccc3NC(=O)[C@@]2(C(=O)N[C@@H](CCC(=O)O)C(=O)C=C(C)C)N1C. The third-order valence-electron chi connectivity index (χ3n) is 6.94. The van der Waals surface area contributed by atoms with E-state index in [1.165, 1.54) is 33.3 Å². The Labute approximate surface area is 214 Å². The zero-order valence-electron chi connectivity index (χ0n) is 21.3. The van der Waals surface area contributed by atoms with Gasteiger partial charge in [0.05, 0.1) is 6.04 Å². The lowest BCUT2D eigenvalue weighted by Gasteiger charge is -2.47. The van der Waals surface area contributed by atoms with Gasteiger partial charge in [-0.05, 0) is 39.5 Å². The fraction of sp³-hybridized carbons (Fsp3) is 0.480. The molecule has 0 aromatic heterocycles. The number of nitrogens with zero attached hydrogens (tertiary/aromatic N) is 1. The number of allylic oxidation sites excluding steroid dienone is 1. The number of benzene rings is 1. The summed E-state index contributed by atoms with van der Waals surface area (Å²) in [5.74, 6) is -4.38. The maximum atomic E-state index is 14.1. The normalized spacial score (nSPS) is 27.2. The van der Waals surface area contributed by atoms with Crippen molar-refractivity contribution in [2.45, 2.75) is 56.0 Å². The number of carbonyl (C=O) groups is 5. The van der Waals surface area contributed by atoms with Crippen LogP contribution >= 0.6 is 0 Å². The second-order valence-electron chi connectivity index (χ2n) is 9.39. The molecule has 0 aliphatic carbocycles. The minimum atomic E-state index is -2.45. The van der Waals surface area contributed by atoms with Crippen LogP contribution in [0.15, 0.2) is 35.9 Å². The Hall–Kier alpha value is -3.61. The minimum absolute atomic E-state index is 0.146. The van der Waals surface area contributed by atoms with Crippen LogP contribution in [0.5, 0.6) is 0 Å². The van der Waals surface area contributed by atoms with E-state index in [1.807, 2.05) is 0 Å². The first-order valence-corrected chi connectivity index (χ1v) is 11.7. The van der Waals surface area contributed by atoms with Gasteiger partial charge in [0.25, 0.3) is 11.8 Å². The van der Waals surface area contributed by atoms with E-state index in [4.69, 9.17) is 9.84 Å². The number of ketones is 1. The second kappa shape index (κ2) is 10.4. The summed E-state index contributed by atoms with van der Waals surface area (Å²) in [6.07, 6.45) is -0.804. The number of likely N-dealkylation sites (tertiary alicyclic amines) is 1. The summed E-state index contributed by atoms with van der Waals surface area (Å²) in [6, 6.07) is 3.70. The molecule has 5 atom stereocenters.